The summed E-state index contributed by atoms with van der Waals surface area (Å²) in [6.07, 6.45) is 1.88. The molecule has 0 radical (unpaired) electrons. The molecule has 0 aromatic rings. The van der Waals surface area contributed by atoms with E-state index < -0.39 is 0 Å². The largest absolute Gasteiger partial charge is 0.383 e. The standard InChI is InChI=1S/C10H22N2O/c1-5-6-11-9-10(2)12(3)7-8-13-4/h5,10-11H,1,6-9H2,2-4H3. The second-order valence-corrected chi connectivity index (χ2v) is 3.27. The number of ether oxygens (including phenoxy) is 1. The van der Waals surface area contributed by atoms with Crippen LogP contribution in [0.15, 0.2) is 12.7 Å². The Balaban J connectivity index is 3.43. The molecule has 0 bridgehead atoms. The van der Waals surface area contributed by atoms with Gasteiger partial charge >= 0.3 is 0 Å². The van der Waals surface area contributed by atoms with Crippen molar-refractivity contribution >= 4 is 0 Å². The van der Waals surface area contributed by atoms with E-state index >= 15 is 0 Å². The monoisotopic (exact) mass is 186 g/mol. The molecule has 3 nitrogen and oxygen atoms in total. The third-order valence-electron chi connectivity index (χ3n) is 2.13. The number of hydrogen-bond donors (Lipinski definition) is 1. The summed E-state index contributed by atoms with van der Waals surface area (Å²) in [6.45, 7) is 9.50. The third-order valence-corrected chi connectivity index (χ3v) is 2.13. The van der Waals surface area contributed by atoms with Crippen molar-refractivity contribution < 1.29 is 4.74 Å². The number of nitrogens with one attached hydrogen (secondary N) is 1. The van der Waals surface area contributed by atoms with Crippen LogP contribution in [0.2, 0.25) is 0 Å². The SMILES string of the molecule is C=CCNCC(C)N(C)CCOC. The van der Waals surface area contributed by atoms with Gasteiger partial charge < -0.3 is 15.0 Å². The highest BCUT2D eigenvalue weighted by Crippen LogP contribution is 1.92. The molecule has 0 saturated carbocycles. The molecule has 0 aliphatic heterocycles. The number of nitrogens with zero attached hydrogens (tertiary/aromatic N) is 1. The quantitative estimate of drug-likeness (QED) is 0.447. The maximum Gasteiger partial charge on any atom is 0.0589 e. The van der Waals surface area contributed by atoms with Crippen LogP contribution in [0.3, 0.4) is 0 Å². The average molecular weight is 186 g/mol. The van der Waals surface area contributed by atoms with E-state index in [1.165, 1.54) is 0 Å². The fourth-order valence-corrected chi connectivity index (χ4v) is 1.01. The zero-order chi connectivity index (χ0) is 10.1. The summed E-state index contributed by atoms with van der Waals surface area (Å²) in [5.41, 5.74) is 0. The summed E-state index contributed by atoms with van der Waals surface area (Å²) in [5, 5.41) is 3.29. The molecule has 0 aromatic heterocycles. The van der Waals surface area contributed by atoms with Crippen molar-refractivity contribution in [3.63, 3.8) is 0 Å². The summed E-state index contributed by atoms with van der Waals surface area (Å²) in [5.74, 6) is 0. The van der Waals surface area contributed by atoms with Crippen LogP contribution in [0.4, 0.5) is 0 Å². The fraction of sp³-hybridized carbons (Fsp3) is 0.800. The number of methoxy groups -OCH3 is 1. The lowest BCUT2D eigenvalue weighted by Gasteiger charge is -2.24. The van der Waals surface area contributed by atoms with E-state index in [1.807, 2.05) is 6.08 Å². The highest BCUT2D eigenvalue weighted by atomic mass is 16.5. The predicted molar refractivity (Wildman–Crippen MR) is 57.0 cm³/mol. The Morgan fingerprint density at radius 1 is 1.62 bits per heavy atom. The molecule has 13 heavy (non-hydrogen) atoms. The zero-order valence-corrected chi connectivity index (χ0v) is 9.05. The Labute approximate surface area is 81.8 Å². The summed E-state index contributed by atoms with van der Waals surface area (Å²) in [6, 6.07) is 0.537. The molecule has 0 aliphatic rings. The minimum absolute atomic E-state index is 0.537. The minimum Gasteiger partial charge on any atom is -0.383 e. The van der Waals surface area contributed by atoms with Crippen LogP contribution in [-0.4, -0.2) is 51.3 Å². The van der Waals surface area contributed by atoms with E-state index in [9.17, 15) is 0 Å². The van der Waals surface area contributed by atoms with Gasteiger partial charge in [-0.15, -0.1) is 6.58 Å². The van der Waals surface area contributed by atoms with E-state index in [4.69, 9.17) is 4.74 Å². The van der Waals surface area contributed by atoms with Crippen molar-refractivity contribution in [3.05, 3.63) is 12.7 Å². The Morgan fingerprint density at radius 2 is 2.31 bits per heavy atom. The first-order valence-corrected chi connectivity index (χ1v) is 4.73. The molecule has 0 saturated heterocycles. The van der Waals surface area contributed by atoms with Crippen molar-refractivity contribution in [1.29, 1.82) is 0 Å². The first-order chi connectivity index (χ1) is 6.22. The molecule has 0 fully saturated rings. The van der Waals surface area contributed by atoms with E-state index in [1.54, 1.807) is 7.11 Å². The average Bonchev–Trinajstić information content (AvgIpc) is 2.14. The molecule has 0 aromatic carbocycles. The second-order valence-electron chi connectivity index (χ2n) is 3.27. The third kappa shape index (κ3) is 6.75. The highest BCUT2D eigenvalue weighted by molar-refractivity contribution is 4.73. The number of rotatable bonds is 8. The van der Waals surface area contributed by atoms with Gasteiger partial charge in [0.1, 0.15) is 0 Å². The molecule has 3 heteroatoms. The van der Waals surface area contributed by atoms with Gasteiger partial charge in [0.15, 0.2) is 0 Å². The van der Waals surface area contributed by atoms with Gasteiger partial charge in [-0.25, -0.2) is 0 Å². The second kappa shape index (κ2) is 8.23. The van der Waals surface area contributed by atoms with Gasteiger partial charge in [0.05, 0.1) is 6.61 Å². The van der Waals surface area contributed by atoms with Gasteiger partial charge in [0.25, 0.3) is 0 Å². The molecule has 78 valence electrons. The molecule has 1 atom stereocenters. The summed E-state index contributed by atoms with van der Waals surface area (Å²) < 4.78 is 5.01. The van der Waals surface area contributed by atoms with E-state index in [-0.39, 0.29) is 0 Å². The molecule has 0 rings (SSSR count). The Morgan fingerprint density at radius 3 is 2.85 bits per heavy atom. The Kier molecular flexibility index (Phi) is 7.99. The van der Waals surface area contributed by atoms with E-state index in [2.05, 4.69) is 30.8 Å². The van der Waals surface area contributed by atoms with Gasteiger partial charge in [-0.3, -0.25) is 0 Å². The topological polar surface area (TPSA) is 24.5 Å². The van der Waals surface area contributed by atoms with E-state index in [0.717, 1.165) is 26.2 Å². The van der Waals surface area contributed by atoms with Crippen LogP contribution >= 0.6 is 0 Å². The molecular weight excluding hydrogens is 164 g/mol. The lowest BCUT2D eigenvalue weighted by Crippen LogP contribution is -2.39. The van der Waals surface area contributed by atoms with Crippen LogP contribution in [0.1, 0.15) is 6.92 Å². The van der Waals surface area contributed by atoms with Crippen molar-refractivity contribution in [2.24, 2.45) is 0 Å². The molecule has 0 heterocycles. The van der Waals surface area contributed by atoms with Gasteiger partial charge in [-0.05, 0) is 14.0 Å². The normalized spacial score (nSPS) is 13.2. The van der Waals surface area contributed by atoms with Crippen molar-refractivity contribution in [2.75, 3.05) is 40.4 Å². The van der Waals surface area contributed by atoms with Crippen LogP contribution in [0, 0.1) is 0 Å². The Bertz CT molecular complexity index is 128. The molecule has 1 unspecified atom stereocenters. The summed E-state index contributed by atoms with van der Waals surface area (Å²) in [7, 11) is 3.84. The van der Waals surface area contributed by atoms with Crippen LogP contribution < -0.4 is 5.32 Å². The van der Waals surface area contributed by atoms with Gasteiger partial charge in [0.2, 0.25) is 0 Å². The Hall–Kier alpha value is -0.380. The van der Waals surface area contributed by atoms with Gasteiger partial charge in [0, 0.05) is 32.8 Å². The van der Waals surface area contributed by atoms with Crippen molar-refractivity contribution in [1.82, 2.24) is 10.2 Å². The smallest absolute Gasteiger partial charge is 0.0589 e. The zero-order valence-electron chi connectivity index (χ0n) is 9.05. The summed E-state index contributed by atoms with van der Waals surface area (Å²) in [4.78, 5) is 2.28. The first kappa shape index (κ1) is 12.6. The van der Waals surface area contributed by atoms with Crippen molar-refractivity contribution in [3.8, 4) is 0 Å². The summed E-state index contributed by atoms with van der Waals surface area (Å²) >= 11 is 0. The minimum atomic E-state index is 0.537. The van der Waals surface area contributed by atoms with Gasteiger partial charge in [-0.1, -0.05) is 6.08 Å². The number of hydrogen-bond acceptors (Lipinski definition) is 3. The highest BCUT2D eigenvalue weighted by Gasteiger charge is 2.06. The lowest BCUT2D eigenvalue weighted by atomic mass is 10.3. The van der Waals surface area contributed by atoms with Gasteiger partial charge in [-0.2, -0.15) is 0 Å². The number of likely N-dealkylation sites (N-methyl/N-ethyl adjacent to an activating group) is 1. The fourth-order valence-electron chi connectivity index (χ4n) is 1.01. The lowest BCUT2D eigenvalue weighted by molar-refractivity contribution is 0.142. The maximum absolute atomic E-state index is 5.01. The molecule has 0 spiro atoms. The molecule has 0 aliphatic carbocycles. The van der Waals surface area contributed by atoms with Crippen LogP contribution in [0.5, 0.6) is 0 Å². The van der Waals surface area contributed by atoms with Crippen LogP contribution in [-0.2, 0) is 4.74 Å². The predicted octanol–water partition coefficient (Wildman–Crippen LogP) is 0.729. The molecule has 1 N–H and O–H groups in total. The van der Waals surface area contributed by atoms with E-state index in [0.29, 0.717) is 6.04 Å². The first-order valence-electron chi connectivity index (χ1n) is 4.73. The molecular formula is C10H22N2O. The molecule has 0 amide bonds. The van der Waals surface area contributed by atoms with Crippen molar-refractivity contribution in [2.45, 2.75) is 13.0 Å². The maximum atomic E-state index is 5.01. The van der Waals surface area contributed by atoms with Crippen LogP contribution in [0.25, 0.3) is 0 Å².